The van der Waals surface area contributed by atoms with Gasteiger partial charge in [0.25, 0.3) is 0 Å². The molecule has 0 unspecified atom stereocenters. The molecule has 1 saturated heterocycles. The Hall–Kier alpha value is -3.12. The lowest BCUT2D eigenvalue weighted by Gasteiger charge is -2.47. The van der Waals surface area contributed by atoms with E-state index in [-0.39, 0.29) is 18.1 Å². The molecule has 1 spiro atoms. The topological polar surface area (TPSA) is 55.3 Å². The van der Waals surface area contributed by atoms with Crippen molar-refractivity contribution in [2.45, 2.75) is 18.6 Å². The predicted octanol–water partition coefficient (Wildman–Crippen LogP) is 3.09. The molecule has 5 nitrogen and oxygen atoms in total. The molecule has 1 fully saturated rings. The number of aromatic nitrogens is 2. The fourth-order valence-corrected chi connectivity index (χ4v) is 3.84. The zero-order valence-electron chi connectivity index (χ0n) is 15.1. The van der Waals surface area contributed by atoms with E-state index in [1.54, 1.807) is 23.1 Å². The molecule has 2 aliphatic heterocycles. The van der Waals surface area contributed by atoms with Crippen LogP contribution < -0.4 is 0 Å². The zero-order valence-corrected chi connectivity index (χ0v) is 15.1. The summed E-state index contributed by atoms with van der Waals surface area (Å²) in [7, 11) is 0. The second kappa shape index (κ2) is 6.49. The van der Waals surface area contributed by atoms with Gasteiger partial charge >= 0.3 is 0 Å². The first kappa shape index (κ1) is 17.0. The molecular weight excluding hydrogens is 357 g/mol. The lowest BCUT2D eigenvalue weighted by atomic mass is 9.87. The van der Waals surface area contributed by atoms with Crippen LogP contribution in [0, 0.1) is 5.82 Å². The number of fused-ring (bicyclic) bond motifs is 2. The Labute approximate surface area is 161 Å². The van der Waals surface area contributed by atoms with Gasteiger partial charge in [0.05, 0.1) is 31.8 Å². The molecule has 0 saturated carbocycles. The average Bonchev–Trinajstić information content (AvgIpc) is 3.08. The van der Waals surface area contributed by atoms with Crippen LogP contribution in [-0.4, -0.2) is 33.9 Å². The summed E-state index contributed by atoms with van der Waals surface area (Å²) in [5, 5.41) is 0. The van der Waals surface area contributed by atoms with Crippen molar-refractivity contribution in [1.29, 1.82) is 0 Å². The van der Waals surface area contributed by atoms with Gasteiger partial charge in [0.2, 0.25) is 5.91 Å². The van der Waals surface area contributed by atoms with E-state index in [1.165, 1.54) is 6.07 Å². The Kier molecular flexibility index (Phi) is 3.94. The third-order valence-electron chi connectivity index (χ3n) is 5.42. The third kappa shape index (κ3) is 2.77. The Bertz CT molecular complexity index is 1050. The number of likely N-dealkylation sites (tertiary alicyclic amines) is 1. The zero-order chi connectivity index (χ0) is 19.1. The molecule has 1 amide bonds. The van der Waals surface area contributed by atoms with Gasteiger partial charge in [0.15, 0.2) is 5.82 Å². The maximum Gasteiger partial charge on any atom is 0.227 e. The molecule has 0 atom stereocenters. The molecule has 0 radical (unpaired) electrons. The van der Waals surface area contributed by atoms with E-state index in [1.807, 2.05) is 36.5 Å². The molecule has 2 aliphatic rings. The molecule has 3 aromatic rings. The molecule has 140 valence electrons. The fourth-order valence-electron chi connectivity index (χ4n) is 3.84. The molecule has 5 rings (SSSR count). The van der Waals surface area contributed by atoms with Crippen LogP contribution in [-0.2, 0) is 28.2 Å². The number of halogens is 1. The fraction of sp³-hybridized carbons (Fsp3) is 0.227. The van der Waals surface area contributed by atoms with E-state index in [0.29, 0.717) is 31.1 Å². The monoisotopic (exact) mass is 375 g/mol. The third-order valence-corrected chi connectivity index (χ3v) is 5.42. The van der Waals surface area contributed by atoms with Gasteiger partial charge in [-0.15, -0.1) is 0 Å². The second-order valence-electron chi connectivity index (χ2n) is 7.22. The van der Waals surface area contributed by atoms with E-state index in [2.05, 4.69) is 9.97 Å². The molecule has 1 aromatic heterocycles. The van der Waals surface area contributed by atoms with E-state index < -0.39 is 5.60 Å². The standard InChI is InChI=1S/C22H18FN3O2/c23-18-9-5-4-8-16(18)10-20(27)26-13-22(14-26)17-11-24-21(25-19(17)12-28-22)15-6-2-1-3-7-15/h1-9,11H,10,12-14H2. The van der Waals surface area contributed by atoms with Crippen LogP contribution in [0.25, 0.3) is 11.4 Å². The highest BCUT2D eigenvalue weighted by Gasteiger charge is 2.52. The summed E-state index contributed by atoms with van der Waals surface area (Å²) in [5.74, 6) is 0.219. The Balaban J connectivity index is 1.31. The summed E-state index contributed by atoms with van der Waals surface area (Å²) in [6, 6.07) is 16.2. The SMILES string of the molecule is O=C(Cc1ccccc1F)N1CC2(C1)OCc1nc(-c3ccccc3)ncc12. The van der Waals surface area contributed by atoms with Gasteiger partial charge < -0.3 is 9.64 Å². The number of nitrogens with zero attached hydrogens (tertiary/aromatic N) is 3. The van der Waals surface area contributed by atoms with Gasteiger partial charge in [-0.25, -0.2) is 14.4 Å². The number of hydrogen-bond acceptors (Lipinski definition) is 4. The van der Waals surface area contributed by atoms with E-state index >= 15 is 0 Å². The van der Waals surface area contributed by atoms with E-state index in [0.717, 1.165) is 16.8 Å². The van der Waals surface area contributed by atoms with Crippen LogP contribution in [0.5, 0.6) is 0 Å². The summed E-state index contributed by atoms with van der Waals surface area (Å²) >= 11 is 0. The van der Waals surface area contributed by atoms with Crippen LogP contribution in [0.3, 0.4) is 0 Å². The van der Waals surface area contributed by atoms with Crippen LogP contribution in [0.4, 0.5) is 4.39 Å². The Morgan fingerprint density at radius 1 is 1.11 bits per heavy atom. The number of hydrogen-bond donors (Lipinski definition) is 0. The first-order valence-corrected chi connectivity index (χ1v) is 9.22. The summed E-state index contributed by atoms with van der Waals surface area (Å²) in [5.41, 5.74) is 2.66. The first-order chi connectivity index (χ1) is 13.6. The molecule has 6 heteroatoms. The smallest absolute Gasteiger partial charge is 0.227 e. The van der Waals surface area contributed by atoms with Crippen molar-refractivity contribution in [2.24, 2.45) is 0 Å². The Morgan fingerprint density at radius 2 is 1.86 bits per heavy atom. The van der Waals surface area contributed by atoms with Crippen molar-refractivity contribution in [1.82, 2.24) is 14.9 Å². The lowest BCUT2D eigenvalue weighted by Crippen LogP contribution is -2.61. The highest BCUT2D eigenvalue weighted by Crippen LogP contribution is 2.43. The molecule has 0 N–H and O–H groups in total. The number of carbonyl (C=O) groups is 1. The van der Waals surface area contributed by atoms with Crippen molar-refractivity contribution < 1.29 is 13.9 Å². The highest BCUT2D eigenvalue weighted by molar-refractivity contribution is 5.80. The maximum absolute atomic E-state index is 13.8. The molecule has 2 aromatic carbocycles. The number of rotatable bonds is 3. The summed E-state index contributed by atoms with van der Waals surface area (Å²) in [6.45, 7) is 1.30. The summed E-state index contributed by atoms with van der Waals surface area (Å²) in [6.07, 6.45) is 1.87. The quantitative estimate of drug-likeness (QED) is 0.706. The second-order valence-corrected chi connectivity index (χ2v) is 7.22. The number of benzene rings is 2. The molecule has 0 bridgehead atoms. The maximum atomic E-state index is 13.8. The minimum atomic E-state index is -0.532. The lowest BCUT2D eigenvalue weighted by molar-refractivity contribution is -0.168. The van der Waals surface area contributed by atoms with Crippen molar-refractivity contribution in [3.63, 3.8) is 0 Å². The average molecular weight is 375 g/mol. The molecule has 28 heavy (non-hydrogen) atoms. The van der Waals surface area contributed by atoms with Gasteiger partial charge in [-0.05, 0) is 11.6 Å². The number of amides is 1. The van der Waals surface area contributed by atoms with E-state index in [4.69, 9.17) is 4.74 Å². The van der Waals surface area contributed by atoms with Gasteiger partial charge in [-0.1, -0.05) is 48.5 Å². The van der Waals surface area contributed by atoms with Crippen molar-refractivity contribution in [3.05, 3.63) is 83.4 Å². The first-order valence-electron chi connectivity index (χ1n) is 9.22. The minimum Gasteiger partial charge on any atom is -0.360 e. The van der Waals surface area contributed by atoms with Crippen LogP contribution in [0.1, 0.15) is 16.8 Å². The Morgan fingerprint density at radius 3 is 2.64 bits per heavy atom. The number of carbonyl (C=O) groups excluding carboxylic acids is 1. The van der Waals surface area contributed by atoms with Gasteiger partial charge in [-0.3, -0.25) is 4.79 Å². The molecule has 3 heterocycles. The summed E-state index contributed by atoms with van der Waals surface area (Å²) < 4.78 is 19.8. The van der Waals surface area contributed by atoms with Gasteiger partial charge in [-0.2, -0.15) is 0 Å². The van der Waals surface area contributed by atoms with Crippen molar-refractivity contribution in [3.8, 4) is 11.4 Å². The van der Waals surface area contributed by atoms with Crippen molar-refractivity contribution in [2.75, 3.05) is 13.1 Å². The predicted molar refractivity (Wildman–Crippen MR) is 101 cm³/mol. The number of ether oxygens (including phenoxy) is 1. The summed E-state index contributed by atoms with van der Waals surface area (Å²) in [4.78, 5) is 23.4. The van der Waals surface area contributed by atoms with Crippen LogP contribution in [0.15, 0.2) is 60.8 Å². The van der Waals surface area contributed by atoms with E-state index in [9.17, 15) is 9.18 Å². The van der Waals surface area contributed by atoms with Gasteiger partial charge in [0, 0.05) is 17.3 Å². The minimum absolute atomic E-state index is 0.0546. The van der Waals surface area contributed by atoms with Crippen LogP contribution >= 0.6 is 0 Å². The molecular formula is C22H18FN3O2. The normalized spacial score (nSPS) is 16.7. The van der Waals surface area contributed by atoms with Gasteiger partial charge in [0.1, 0.15) is 11.4 Å². The largest absolute Gasteiger partial charge is 0.360 e. The van der Waals surface area contributed by atoms with Crippen LogP contribution in [0.2, 0.25) is 0 Å². The highest BCUT2D eigenvalue weighted by atomic mass is 19.1. The van der Waals surface area contributed by atoms with Crippen molar-refractivity contribution >= 4 is 5.91 Å². The molecule has 0 aliphatic carbocycles.